The summed E-state index contributed by atoms with van der Waals surface area (Å²) in [6.07, 6.45) is 8.00. The van der Waals surface area contributed by atoms with Gasteiger partial charge in [-0.1, -0.05) is 12.8 Å². The van der Waals surface area contributed by atoms with E-state index >= 15 is 0 Å². The molecule has 1 aliphatic heterocycles. The van der Waals surface area contributed by atoms with E-state index in [1.54, 1.807) is 0 Å². The topological polar surface area (TPSA) is 41.3 Å². The molecule has 0 bridgehead atoms. The molecule has 4 unspecified atom stereocenters. The summed E-state index contributed by atoms with van der Waals surface area (Å²) in [6.45, 7) is 5.53. The lowest BCUT2D eigenvalue weighted by atomic mass is 9.99. The molecule has 3 heteroatoms. The van der Waals surface area contributed by atoms with E-state index in [0.29, 0.717) is 24.0 Å². The number of hydrogen-bond donors (Lipinski definition) is 2. The zero-order valence-electron chi connectivity index (χ0n) is 10.8. The quantitative estimate of drug-likeness (QED) is 0.770. The minimum absolute atomic E-state index is 0.632. The third-order valence-corrected chi connectivity index (χ3v) is 4.47. The molecule has 1 saturated heterocycles. The van der Waals surface area contributed by atoms with Gasteiger partial charge < -0.3 is 5.73 Å². The molecule has 0 amide bonds. The van der Waals surface area contributed by atoms with Gasteiger partial charge in [0.2, 0.25) is 0 Å². The van der Waals surface area contributed by atoms with Crippen LogP contribution in [0.2, 0.25) is 0 Å². The van der Waals surface area contributed by atoms with Crippen molar-refractivity contribution >= 4 is 0 Å². The Morgan fingerprint density at radius 3 is 2.31 bits per heavy atom. The molecule has 1 saturated carbocycles. The number of hydrogen-bond acceptors (Lipinski definition) is 3. The molecule has 2 rings (SSSR count). The number of nitrogens with one attached hydrogen (secondary N) is 1. The van der Waals surface area contributed by atoms with Gasteiger partial charge in [-0.2, -0.15) is 0 Å². The Balaban J connectivity index is 1.91. The van der Waals surface area contributed by atoms with Gasteiger partial charge in [0.05, 0.1) is 0 Å². The molecule has 2 aliphatic rings. The number of nitrogens with two attached hydrogens (primary N) is 1. The van der Waals surface area contributed by atoms with Crippen LogP contribution in [0.3, 0.4) is 0 Å². The van der Waals surface area contributed by atoms with Crippen molar-refractivity contribution in [3.63, 3.8) is 0 Å². The zero-order valence-corrected chi connectivity index (χ0v) is 10.8. The van der Waals surface area contributed by atoms with Gasteiger partial charge in [0.1, 0.15) is 0 Å². The Kier molecular flexibility index (Phi) is 4.22. The van der Waals surface area contributed by atoms with Crippen molar-refractivity contribution in [2.75, 3.05) is 6.54 Å². The number of hydrazine groups is 1. The molecule has 0 spiro atoms. The monoisotopic (exact) mass is 225 g/mol. The first kappa shape index (κ1) is 12.3. The van der Waals surface area contributed by atoms with Crippen LogP contribution in [0.25, 0.3) is 0 Å². The fourth-order valence-corrected chi connectivity index (χ4v) is 3.36. The number of piperidine rings is 1. The van der Waals surface area contributed by atoms with Crippen LogP contribution in [0.5, 0.6) is 0 Å². The van der Waals surface area contributed by atoms with Gasteiger partial charge in [-0.3, -0.25) is 5.43 Å². The van der Waals surface area contributed by atoms with Gasteiger partial charge in [0.15, 0.2) is 0 Å². The van der Waals surface area contributed by atoms with Crippen LogP contribution in [0.4, 0.5) is 0 Å². The molecular weight excluding hydrogens is 198 g/mol. The first-order valence-electron chi connectivity index (χ1n) is 6.97. The molecule has 94 valence electrons. The van der Waals surface area contributed by atoms with Crippen LogP contribution < -0.4 is 11.2 Å². The Morgan fingerprint density at radius 1 is 1.06 bits per heavy atom. The highest BCUT2D eigenvalue weighted by Crippen LogP contribution is 2.27. The highest BCUT2D eigenvalue weighted by Gasteiger charge is 2.31. The van der Waals surface area contributed by atoms with Crippen LogP contribution in [-0.2, 0) is 0 Å². The van der Waals surface area contributed by atoms with Crippen molar-refractivity contribution < 1.29 is 0 Å². The lowest BCUT2D eigenvalue weighted by molar-refractivity contribution is 0.0234. The summed E-state index contributed by atoms with van der Waals surface area (Å²) in [4.78, 5) is 0. The summed E-state index contributed by atoms with van der Waals surface area (Å²) < 4.78 is 0. The summed E-state index contributed by atoms with van der Waals surface area (Å²) in [5.74, 6) is 0.696. The maximum absolute atomic E-state index is 5.84. The largest absolute Gasteiger partial charge is 0.330 e. The summed E-state index contributed by atoms with van der Waals surface area (Å²) in [5.41, 5.74) is 9.61. The third-order valence-electron chi connectivity index (χ3n) is 4.47. The second kappa shape index (κ2) is 5.48. The second-order valence-corrected chi connectivity index (χ2v) is 5.70. The highest BCUT2D eigenvalue weighted by molar-refractivity contribution is 4.86. The fraction of sp³-hybridized carbons (Fsp3) is 1.00. The van der Waals surface area contributed by atoms with E-state index in [9.17, 15) is 0 Å². The smallest absolute Gasteiger partial charge is 0.0255 e. The van der Waals surface area contributed by atoms with E-state index in [4.69, 9.17) is 5.73 Å². The minimum Gasteiger partial charge on any atom is -0.330 e. The Labute approximate surface area is 99.7 Å². The third kappa shape index (κ3) is 2.58. The summed E-state index contributed by atoms with van der Waals surface area (Å²) >= 11 is 0. The fourth-order valence-electron chi connectivity index (χ4n) is 3.36. The van der Waals surface area contributed by atoms with Crippen molar-refractivity contribution in [3.8, 4) is 0 Å². The first-order valence-corrected chi connectivity index (χ1v) is 6.97. The number of nitrogens with zero attached hydrogens (tertiary/aromatic N) is 1. The molecule has 3 nitrogen and oxygen atoms in total. The normalized spacial score (nSPS) is 41.4. The van der Waals surface area contributed by atoms with Crippen molar-refractivity contribution in [2.45, 2.75) is 70.5 Å². The van der Waals surface area contributed by atoms with E-state index in [2.05, 4.69) is 24.3 Å². The average molecular weight is 225 g/mol. The van der Waals surface area contributed by atoms with Crippen molar-refractivity contribution in [2.24, 2.45) is 11.7 Å². The molecule has 0 radical (unpaired) electrons. The predicted octanol–water partition coefficient (Wildman–Crippen LogP) is 1.88. The molecule has 0 aromatic rings. The van der Waals surface area contributed by atoms with Crippen molar-refractivity contribution in [1.82, 2.24) is 10.4 Å². The molecule has 0 aromatic heterocycles. The van der Waals surface area contributed by atoms with Gasteiger partial charge in [-0.25, -0.2) is 5.01 Å². The predicted molar refractivity (Wildman–Crippen MR) is 67.9 cm³/mol. The van der Waals surface area contributed by atoms with E-state index in [-0.39, 0.29) is 0 Å². The van der Waals surface area contributed by atoms with Gasteiger partial charge in [0, 0.05) is 18.1 Å². The van der Waals surface area contributed by atoms with Gasteiger partial charge >= 0.3 is 0 Å². The Hall–Kier alpha value is -0.120. The van der Waals surface area contributed by atoms with Crippen LogP contribution in [0.1, 0.15) is 52.4 Å². The lowest BCUT2D eigenvalue weighted by Gasteiger charge is -2.41. The average Bonchev–Trinajstić information content (AvgIpc) is 2.71. The molecule has 3 N–H and O–H groups in total. The molecule has 1 heterocycles. The maximum atomic E-state index is 5.84. The Bertz CT molecular complexity index is 209. The van der Waals surface area contributed by atoms with Crippen molar-refractivity contribution in [1.29, 1.82) is 0 Å². The molecule has 2 fully saturated rings. The van der Waals surface area contributed by atoms with Gasteiger partial charge in [0.25, 0.3) is 0 Å². The molecule has 16 heavy (non-hydrogen) atoms. The summed E-state index contributed by atoms with van der Waals surface area (Å²) in [7, 11) is 0. The standard InChI is InChI=1S/C13H27N3/c1-10-5-3-6-11(2)16(10)15-13-8-4-7-12(13)9-14/h10-13,15H,3-9,14H2,1-2H3. The Morgan fingerprint density at radius 2 is 1.69 bits per heavy atom. The van der Waals surface area contributed by atoms with E-state index in [1.165, 1.54) is 38.5 Å². The molecular formula is C13H27N3. The summed E-state index contributed by atoms with van der Waals surface area (Å²) in [5, 5.41) is 2.50. The number of rotatable bonds is 3. The van der Waals surface area contributed by atoms with Crippen LogP contribution >= 0.6 is 0 Å². The SMILES string of the molecule is CC1CCCC(C)N1NC1CCCC1CN. The van der Waals surface area contributed by atoms with Crippen LogP contribution in [-0.4, -0.2) is 29.7 Å². The van der Waals surface area contributed by atoms with Gasteiger partial charge in [-0.05, 0) is 52.0 Å². The van der Waals surface area contributed by atoms with Crippen LogP contribution in [0.15, 0.2) is 0 Å². The van der Waals surface area contributed by atoms with Crippen molar-refractivity contribution in [3.05, 3.63) is 0 Å². The summed E-state index contributed by atoms with van der Waals surface area (Å²) in [6, 6.07) is 2.00. The molecule has 1 aliphatic carbocycles. The first-order chi connectivity index (χ1) is 7.72. The second-order valence-electron chi connectivity index (χ2n) is 5.70. The zero-order chi connectivity index (χ0) is 11.5. The van der Waals surface area contributed by atoms with Crippen LogP contribution in [0, 0.1) is 5.92 Å². The van der Waals surface area contributed by atoms with E-state index in [0.717, 1.165) is 6.54 Å². The molecule has 0 aromatic carbocycles. The highest BCUT2D eigenvalue weighted by atomic mass is 15.5. The lowest BCUT2D eigenvalue weighted by Crippen LogP contribution is -2.56. The van der Waals surface area contributed by atoms with E-state index in [1.807, 2.05) is 0 Å². The minimum atomic E-state index is 0.632. The molecule has 4 atom stereocenters. The van der Waals surface area contributed by atoms with E-state index < -0.39 is 0 Å². The maximum Gasteiger partial charge on any atom is 0.0255 e. The van der Waals surface area contributed by atoms with Gasteiger partial charge in [-0.15, -0.1) is 0 Å².